The number of fused-ring (bicyclic) bond motifs is 1. The summed E-state index contributed by atoms with van der Waals surface area (Å²) >= 11 is 1.75. The number of hydrogen-bond acceptors (Lipinski definition) is 5. The van der Waals surface area contributed by atoms with E-state index in [1.165, 1.54) is 12.1 Å². The molecule has 0 saturated heterocycles. The van der Waals surface area contributed by atoms with E-state index in [2.05, 4.69) is 4.98 Å². The summed E-state index contributed by atoms with van der Waals surface area (Å²) in [5.74, 6) is -3.55. The molecule has 1 aliphatic heterocycles. The first-order valence-electron chi connectivity index (χ1n) is 7.25. The number of carbonyl (C=O) groups is 2. The van der Waals surface area contributed by atoms with Crippen molar-refractivity contribution in [3.8, 4) is 0 Å². The zero-order valence-electron chi connectivity index (χ0n) is 12.9. The van der Waals surface area contributed by atoms with Gasteiger partial charge in [0.2, 0.25) is 11.8 Å². The molecule has 3 rings (SSSR count). The number of thioether (sulfide) groups is 1. The van der Waals surface area contributed by atoms with E-state index in [4.69, 9.17) is 11.5 Å². The lowest BCUT2D eigenvalue weighted by Crippen LogP contribution is -2.45. The van der Waals surface area contributed by atoms with Crippen molar-refractivity contribution in [1.29, 1.82) is 0 Å². The predicted octanol–water partition coefficient (Wildman–Crippen LogP) is 1.65. The molecule has 26 heavy (non-hydrogen) atoms. The lowest BCUT2D eigenvalue weighted by atomic mass is 9.81. The van der Waals surface area contributed by atoms with Gasteiger partial charge in [-0.25, -0.2) is 0 Å². The molecule has 1 aliphatic rings. The van der Waals surface area contributed by atoms with Crippen LogP contribution < -0.4 is 16.3 Å². The molecule has 0 fully saturated rings. The van der Waals surface area contributed by atoms with Crippen LogP contribution in [-0.4, -0.2) is 22.0 Å². The number of amides is 2. The van der Waals surface area contributed by atoms with E-state index in [0.29, 0.717) is 15.5 Å². The number of nitrogens with two attached hydrogens (primary N) is 2. The molecule has 0 saturated carbocycles. The third-order valence-corrected chi connectivity index (χ3v) is 6.49. The third-order valence-electron chi connectivity index (χ3n) is 4.06. The normalized spacial score (nSPS) is 22.7. The van der Waals surface area contributed by atoms with Crippen LogP contribution in [0.15, 0.2) is 34.1 Å². The number of halogens is 3. The SMILES string of the molecule is NC(=O)[C@H]1[C@H](c2ccc(C(F)(F)F)cc2)c2sc(=O)[nH]c2S[C@@H]1C(N)=O. The third kappa shape index (κ3) is 3.23. The molecular weight excluding hydrogens is 391 g/mol. The van der Waals surface area contributed by atoms with E-state index in [0.717, 1.165) is 35.2 Å². The number of rotatable bonds is 3. The molecule has 0 unspecified atom stereocenters. The van der Waals surface area contributed by atoms with Crippen LogP contribution in [0.3, 0.4) is 0 Å². The Labute approximate surface area is 152 Å². The average molecular weight is 403 g/mol. The van der Waals surface area contributed by atoms with Crippen molar-refractivity contribution in [3.05, 3.63) is 49.9 Å². The minimum Gasteiger partial charge on any atom is -0.369 e. The molecule has 11 heteroatoms. The van der Waals surface area contributed by atoms with Gasteiger partial charge in [0.05, 0.1) is 16.5 Å². The van der Waals surface area contributed by atoms with Gasteiger partial charge in [-0.15, -0.1) is 0 Å². The second-order valence-corrected chi connectivity index (χ2v) is 7.84. The summed E-state index contributed by atoms with van der Waals surface area (Å²) in [7, 11) is 0. The van der Waals surface area contributed by atoms with Crippen LogP contribution in [-0.2, 0) is 15.8 Å². The molecule has 5 N–H and O–H groups in total. The van der Waals surface area contributed by atoms with Crippen LogP contribution in [0.2, 0.25) is 0 Å². The lowest BCUT2D eigenvalue weighted by Gasteiger charge is -2.33. The molecule has 1 aromatic carbocycles. The van der Waals surface area contributed by atoms with Crippen LogP contribution in [0.1, 0.15) is 21.9 Å². The minimum absolute atomic E-state index is 0.338. The van der Waals surface area contributed by atoms with Gasteiger partial charge in [-0.3, -0.25) is 14.4 Å². The molecule has 3 atom stereocenters. The number of aromatic nitrogens is 1. The van der Waals surface area contributed by atoms with Crippen molar-refractivity contribution in [2.24, 2.45) is 17.4 Å². The first-order chi connectivity index (χ1) is 12.1. The Morgan fingerprint density at radius 2 is 1.69 bits per heavy atom. The van der Waals surface area contributed by atoms with Crippen molar-refractivity contribution in [1.82, 2.24) is 4.98 Å². The fraction of sp³-hybridized carbons (Fsp3) is 0.267. The second-order valence-electron chi connectivity index (χ2n) is 5.67. The Kier molecular flexibility index (Phi) is 4.61. The first kappa shape index (κ1) is 18.5. The highest BCUT2D eigenvalue weighted by Gasteiger charge is 2.46. The maximum Gasteiger partial charge on any atom is 0.416 e. The lowest BCUT2D eigenvalue weighted by molar-refractivity contribution is -0.137. The van der Waals surface area contributed by atoms with Crippen molar-refractivity contribution >= 4 is 34.9 Å². The van der Waals surface area contributed by atoms with Crippen LogP contribution >= 0.6 is 23.1 Å². The molecule has 1 aromatic heterocycles. The van der Waals surface area contributed by atoms with Gasteiger partial charge in [-0.2, -0.15) is 13.2 Å². The summed E-state index contributed by atoms with van der Waals surface area (Å²) < 4.78 is 38.4. The number of aromatic amines is 1. The topological polar surface area (TPSA) is 119 Å². The van der Waals surface area contributed by atoms with Crippen LogP contribution in [0.25, 0.3) is 0 Å². The Bertz CT molecular complexity index is 921. The van der Waals surface area contributed by atoms with E-state index in [9.17, 15) is 27.6 Å². The summed E-state index contributed by atoms with van der Waals surface area (Å²) in [6.45, 7) is 0. The molecular formula is C15H12F3N3O3S2. The molecule has 2 heterocycles. The predicted molar refractivity (Wildman–Crippen MR) is 89.8 cm³/mol. The number of hydrogen-bond donors (Lipinski definition) is 3. The summed E-state index contributed by atoms with van der Waals surface area (Å²) in [5, 5.41) is -0.677. The molecule has 0 spiro atoms. The number of primary amides is 2. The van der Waals surface area contributed by atoms with Gasteiger partial charge in [0.15, 0.2) is 0 Å². The Balaban J connectivity index is 2.16. The highest BCUT2D eigenvalue weighted by Crippen LogP contribution is 2.49. The fourth-order valence-electron chi connectivity index (χ4n) is 2.94. The summed E-state index contributed by atoms with van der Waals surface area (Å²) in [5.41, 5.74) is 10.3. The van der Waals surface area contributed by atoms with E-state index < -0.39 is 45.5 Å². The van der Waals surface area contributed by atoms with Crippen molar-refractivity contribution < 1.29 is 22.8 Å². The van der Waals surface area contributed by atoms with Gasteiger partial charge in [0, 0.05) is 10.8 Å². The van der Waals surface area contributed by atoms with Crippen LogP contribution in [0.4, 0.5) is 13.2 Å². The van der Waals surface area contributed by atoms with Crippen molar-refractivity contribution in [2.45, 2.75) is 22.4 Å². The first-order valence-corrected chi connectivity index (χ1v) is 8.94. The fourth-order valence-corrected chi connectivity index (χ4v) is 5.39. The molecule has 6 nitrogen and oxygen atoms in total. The van der Waals surface area contributed by atoms with Gasteiger partial charge in [0.25, 0.3) is 0 Å². The van der Waals surface area contributed by atoms with E-state index in [-0.39, 0.29) is 0 Å². The van der Waals surface area contributed by atoms with Crippen LogP contribution in [0.5, 0.6) is 0 Å². The summed E-state index contributed by atoms with van der Waals surface area (Å²) in [4.78, 5) is 38.2. The Morgan fingerprint density at radius 1 is 1.08 bits per heavy atom. The number of alkyl halides is 3. The van der Waals surface area contributed by atoms with E-state index in [1.807, 2.05) is 0 Å². The quantitative estimate of drug-likeness (QED) is 0.722. The van der Waals surface area contributed by atoms with Gasteiger partial charge in [-0.05, 0) is 17.7 Å². The molecule has 138 valence electrons. The number of H-pyrrole nitrogens is 1. The number of benzene rings is 1. The van der Waals surface area contributed by atoms with Crippen molar-refractivity contribution in [2.75, 3.05) is 0 Å². The molecule has 2 aromatic rings. The highest BCUT2D eigenvalue weighted by atomic mass is 32.2. The number of thiazole rings is 1. The van der Waals surface area contributed by atoms with E-state index >= 15 is 0 Å². The summed E-state index contributed by atoms with van der Waals surface area (Å²) in [6.07, 6.45) is -4.51. The minimum atomic E-state index is -4.51. The van der Waals surface area contributed by atoms with E-state index in [1.54, 1.807) is 0 Å². The molecule has 2 amide bonds. The number of carbonyl (C=O) groups excluding carboxylic acids is 2. The van der Waals surface area contributed by atoms with Gasteiger partial charge in [0.1, 0.15) is 5.25 Å². The van der Waals surface area contributed by atoms with Gasteiger partial charge in [-0.1, -0.05) is 35.2 Å². The van der Waals surface area contributed by atoms with Crippen LogP contribution in [0, 0.1) is 5.92 Å². The maximum absolute atomic E-state index is 12.8. The van der Waals surface area contributed by atoms with Gasteiger partial charge < -0.3 is 16.5 Å². The molecule has 0 radical (unpaired) electrons. The second kappa shape index (κ2) is 6.47. The Morgan fingerprint density at radius 3 is 2.19 bits per heavy atom. The number of nitrogens with one attached hydrogen (secondary N) is 1. The average Bonchev–Trinajstić information content (AvgIpc) is 2.92. The van der Waals surface area contributed by atoms with Gasteiger partial charge >= 0.3 is 11.0 Å². The standard InChI is InChI=1S/C15H12F3N3O3S2/c16-15(17,18)6-3-1-5(2-4-6)7-8(11(19)22)9(12(20)23)25-13-10(7)26-14(24)21-13/h1-4,7-9H,(H2,19,22)(H2,20,23)(H,21,24)/t7-,8-,9-/m0/s1. The summed E-state index contributed by atoms with van der Waals surface area (Å²) in [6, 6.07) is 4.18. The smallest absolute Gasteiger partial charge is 0.369 e. The Hall–Kier alpha value is -2.27. The zero-order valence-corrected chi connectivity index (χ0v) is 14.5. The maximum atomic E-state index is 12.8. The van der Waals surface area contributed by atoms with Crippen molar-refractivity contribution in [3.63, 3.8) is 0 Å². The monoisotopic (exact) mass is 403 g/mol. The largest absolute Gasteiger partial charge is 0.416 e. The zero-order chi connectivity index (χ0) is 19.2. The highest BCUT2D eigenvalue weighted by molar-refractivity contribution is 8.00. The molecule has 0 bridgehead atoms. The molecule has 0 aliphatic carbocycles.